The molecule has 4 rings (SSSR count). The van der Waals surface area contributed by atoms with Crippen LogP contribution in [0.2, 0.25) is 0 Å². The molecule has 2 aromatic rings. The second-order valence-corrected chi connectivity index (χ2v) is 8.15. The van der Waals surface area contributed by atoms with Crippen LogP contribution in [0.25, 0.3) is 11.3 Å². The third-order valence-corrected chi connectivity index (χ3v) is 6.43. The molecule has 26 heavy (non-hydrogen) atoms. The number of aromatic hydroxyl groups is 1. The Morgan fingerprint density at radius 3 is 2.73 bits per heavy atom. The zero-order valence-electron chi connectivity index (χ0n) is 14.8. The van der Waals surface area contributed by atoms with Gasteiger partial charge in [0.05, 0.1) is 0 Å². The number of phenols is 1. The van der Waals surface area contributed by atoms with Gasteiger partial charge in [-0.2, -0.15) is 11.8 Å². The smallest absolute Gasteiger partial charge is 0.152 e. The van der Waals surface area contributed by atoms with E-state index in [1.165, 1.54) is 36.1 Å². The summed E-state index contributed by atoms with van der Waals surface area (Å²) in [5.74, 6) is 6.06. The van der Waals surface area contributed by atoms with Crippen molar-refractivity contribution in [3.8, 4) is 29.4 Å². The maximum absolute atomic E-state index is 10.4. The molecular formula is C21H23N3OS. The fourth-order valence-electron chi connectivity index (χ4n) is 3.85. The molecule has 0 saturated carbocycles. The third-order valence-electron chi connectivity index (χ3n) is 5.21. The van der Waals surface area contributed by atoms with Gasteiger partial charge in [0.2, 0.25) is 0 Å². The number of hydrogen-bond acceptors (Lipinski definition) is 5. The minimum Gasteiger partial charge on any atom is -0.507 e. The van der Waals surface area contributed by atoms with Crippen LogP contribution in [0.4, 0.5) is 5.82 Å². The Hall–Kier alpha value is -2.19. The monoisotopic (exact) mass is 365 g/mol. The number of nitrogens with one attached hydrogen (secondary N) is 1. The first-order valence-electron chi connectivity index (χ1n) is 9.29. The van der Waals surface area contributed by atoms with Crippen LogP contribution in [-0.2, 0) is 12.8 Å². The average Bonchev–Trinajstić information content (AvgIpc) is 2.69. The summed E-state index contributed by atoms with van der Waals surface area (Å²) in [4.78, 5) is 0. The van der Waals surface area contributed by atoms with Gasteiger partial charge in [-0.15, -0.1) is 16.6 Å². The molecule has 134 valence electrons. The summed E-state index contributed by atoms with van der Waals surface area (Å²) in [7, 11) is 0. The predicted octanol–water partition coefficient (Wildman–Crippen LogP) is 4.02. The molecular weight excluding hydrogens is 342 g/mol. The molecule has 5 heteroatoms. The summed E-state index contributed by atoms with van der Waals surface area (Å²) in [5, 5.41) is 23.1. The SMILES string of the molecule is C#Cc1ccc(-c2nnc(N[C@@H]3CCCSC3)c3c2CCCC3)c(O)c1. The number of thioether (sulfide) groups is 1. The van der Waals surface area contributed by atoms with Gasteiger partial charge in [0.25, 0.3) is 0 Å². The zero-order valence-corrected chi connectivity index (χ0v) is 15.6. The first-order valence-corrected chi connectivity index (χ1v) is 10.4. The van der Waals surface area contributed by atoms with Crippen LogP contribution >= 0.6 is 11.8 Å². The molecule has 4 nitrogen and oxygen atoms in total. The van der Waals surface area contributed by atoms with Crippen LogP contribution in [0.1, 0.15) is 42.4 Å². The fourth-order valence-corrected chi connectivity index (χ4v) is 4.92. The summed E-state index contributed by atoms with van der Waals surface area (Å²) in [6.07, 6.45) is 12.2. The Morgan fingerprint density at radius 1 is 1.15 bits per heavy atom. The van der Waals surface area contributed by atoms with Crippen LogP contribution in [0.3, 0.4) is 0 Å². The molecule has 1 aromatic heterocycles. The highest BCUT2D eigenvalue weighted by atomic mass is 32.2. The highest BCUT2D eigenvalue weighted by Gasteiger charge is 2.24. The van der Waals surface area contributed by atoms with E-state index in [4.69, 9.17) is 6.42 Å². The standard InChI is InChI=1S/C21H23N3OS/c1-2-14-9-10-18(19(25)12-14)20-16-7-3-4-8-17(16)21(24-23-20)22-15-6-5-11-26-13-15/h1,9-10,12,15,25H,3-8,11,13H2,(H,22,24)/t15-/m1/s1. The largest absolute Gasteiger partial charge is 0.507 e. The molecule has 2 N–H and O–H groups in total. The van der Waals surface area contributed by atoms with Crippen LogP contribution in [0.5, 0.6) is 5.75 Å². The number of benzene rings is 1. The van der Waals surface area contributed by atoms with Gasteiger partial charge in [-0.3, -0.25) is 0 Å². The molecule has 1 fully saturated rings. The second kappa shape index (κ2) is 7.59. The number of anilines is 1. The zero-order chi connectivity index (χ0) is 17.9. The molecule has 1 aliphatic heterocycles. The number of fused-ring (bicyclic) bond motifs is 1. The Labute approximate surface area is 158 Å². The molecule has 0 radical (unpaired) electrons. The van der Waals surface area contributed by atoms with E-state index in [-0.39, 0.29) is 5.75 Å². The molecule has 1 aliphatic carbocycles. The molecule has 1 atom stereocenters. The minimum absolute atomic E-state index is 0.173. The fraction of sp³-hybridized carbons (Fsp3) is 0.429. The van der Waals surface area contributed by atoms with Gasteiger partial charge in [0, 0.05) is 28.5 Å². The summed E-state index contributed by atoms with van der Waals surface area (Å²) in [6.45, 7) is 0. The van der Waals surface area contributed by atoms with Gasteiger partial charge in [-0.05, 0) is 68.0 Å². The van der Waals surface area contributed by atoms with E-state index >= 15 is 0 Å². The van der Waals surface area contributed by atoms with E-state index in [1.54, 1.807) is 6.07 Å². The van der Waals surface area contributed by atoms with Crippen molar-refractivity contribution < 1.29 is 5.11 Å². The van der Waals surface area contributed by atoms with Gasteiger partial charge in [-0.25, -0.2) is 0 Å². The predicted molar refractivity (Wildman–Crippen MR) is 108 cm³/mol. The quantitative estimate of drug-likeness (QED) is 0.805. The lowest BCUT2D eigenvalue weighted by molar-refractivity contribution is 0.476. The summed E-state index contributed by atoms with van der Waals surface area (Å²) < 4.78 is 0. The summed E-state index contributed by atoms with van der Waals surface area (Å²) in [5.41, 5.74) is 4.68. The molecule has 2 aliphatic rings. The number of hydrogen-bond donors (Lipinski definition) is 2. The summed E-state index contributed by atoms with van der Waals surface area (Å²) >= 11 is 2.01. The maximum Gasteiger partial charge on any atom is 0.152 e. The molecule has 0 unspecified atom stereocenters. The van der Waals surface area contributed by atoms with Crippen molar-refractivity contribution in [1.82, 2.24) is 10.2 Å². The molecule has 0 spiro atoms. The van der Waals surface area contributed by atoms with Crippen molar-refractivity contribution in [3.63, 3.8) is 0 Å². The lowest BCUT2D eigenvalue weighted by Crippen LogP contribution is -2.27. The highest BCUT2D eigenvalue weighted by Crippen LogP contribution is 2.37. The van der Waals surface area contributed by atoms with E-state index in [9.17, 15) is 5.11 Å². The van der Waals surface area contributed by atoms with Gasteiger partial charge in [-0.1, -0.05) is 5.92 Å². The van der Waals surface area contributed by atoms with Crippen LogP contribution in [0, 0.1) is 12.3 Å². The van der Waals surface area contributed by atoms with E-state index in [1.807, 2.05) is 23.9 Å². The number of aromatic nitrogens is 2. The van der Waals surface area contributed by atoms with Crippen molar-refractivity contribution in [2.45, 2.75) is 44.6 Å². The van der Waals surface area contributed by atoms with Crippen molar-refractivity contribution in [2.75, 3.05) is 16.8 Å². The average molecular weight is 366 g/mol. The number of nitrogens with zero attached hydrogens (tertiary/aromatic N) is 2. The van der Waals surface area contributed by atoms with Crippen LogP contribution in [-0.4, -0.2) is 32.9 Å². The molecule has 0 amide bonds. The van der Waals surface area contributed by atoms with Crippen molar-refractivity contribution in [2.24, 2.45) is 0 Å². The van der Waals surface area contributed by atoms with Crippen LogP contribution in [0.15, 0.2) is 18.2 Å². The van der Waals surface area contributed by atoms with Crippen LogP contribution < -0.4 is 5.32 Å². The first-order chi connectivity index (χ1) is 12.8. The highest BCUT2D eigenvalue weighted by molar-refractivity contribution is 7.99. The molecule has 1 saturated heterocycles. The molecule has 2 heterocycles. The van der Waals surface area contributed by atoms with Gasteiger partial charge >= 0.3 is 0 Å². The second-order valence-electron chi connectivity index (χ2n) is 7.00. The van der Waals surface area contributed by atoms with Crippen molar-refractivity contribution in [3.05, 3.63) is 34.9 Å². The summed E-state index contributed by atoms with van der Waals surface area (Å²) in [6, 6.07) is 5.80. The normalized spacial score (nSPS) is 19.4. The number of rotatable bonds is 3. The first kappa shape index (κ1) is 17.2. The van der Waals surface area contributed by atoms with Gasteiger partial charge in [0.1, 0.15) is 11.4 Å². The molecule has 0 bridgehead atoms. The Kier molecular flexibility index (Phi) is 5.03. The topological polar surface area (TPSA) is 58.0 Å². The van der Waals surface area contributed by atoms with Crippen molar-refractivity contribution >= 4 is 17.6 Å². The van der Waals surface area contributed by atoms with Gasteiger partial charge < -0.3 is 10.4 Å². The Bertz CT molecular complexity index is 853. The van der Waals surface area contributed by atoms with E-state index in [0.717, 1.165) is 42.1 Å². The van der Waals surface area contributed by atoms with E-state index < -0.39 is 0 Å². The Morgan fingerprint density at radius 2 is 2.00 bits per heavy atom. The maximum atomic E-state index is 10.4. The van der Waals surface area contributed by atoms with E-state index in [2.05, 4.69) is 21.4 Å². The minimum atomic E-state index is 0.173. The molecule has 1 aromatic carbocycles. The Balaban J connectivity index is 1.72. The third kappa shape index (κ3) is 3.39. The lowest BCUT2D eigenvalue weighted by atomic mass is 9.88. The number of phenolic OH excluding ortho intramolecular Hbond substituents is 1. The van der Waals surface area contributed by atoms with Gasteiger partial charge in [0.15, 0.2) is 5.82 Å². The lowest BCUT2D eigenvalue weighted by Gasteiger charge is -2.27. The van der Waals surface area contributed by atoms with E-state index in [0.29, 0.717) is 11.6 Å². The van der Waals surface area contributed by atoms with Crippen molar-refractivity contribution in [1.29, 1.82) is 0 Å². The number of terminal acetylenes is 1.